The van der Waals surface area contributed by atoms with Gasteiger partial charge in [0.25, 0.3) is 0 Å². The molecule has 0 amide bonds. The Morgan fingerprint density at radius 1 is 1.17 bits per heavy atom. The van der Waals surface area contributed by atoms with Gasteiger partial charge in [0.15, 0.2) is 0 Å². The predicted octanol–water partition coefficient (Wildman–Crippen LogP) is 2.66. The van der Waals surface area contributed by atoms with Crippen LogP contribution >= 0.6 is 0 Å². The molecule has 4 aliphatic carbocycles. The maximum absolute atomic E-state index is 11.7. The van der Waals surface area contributed by atoms with Crippen LogP contribution in [-0.2, 0) is 9.47 Å². The zero-order valence-electron chi connectivity index (χ0n) is 11.1. The molecule has 4 fully saturated rings. The Morgan fingerprint density at radius 3 is 2.17 bits per heavy atom. The molecule has 0 heterocycles. The monoisotopic (exact) mass is 253 g/mol. The number of carbonyl (C=O) groups excluding carboxylic acids is 1. The highest BCUT2D eigenvalue weighted by molar-refractivity contribution is 5.60. The van der Waals surface area contributed by atoms with Gasteiger partial charge >= 0.3 is 6.16 Å². The van der Waals surface area contributed by atoms with Crippen molar-refractivity contribution in [2.75, 3.05) is 6.73 Å². The number of hydrogen-bond acceptors (Lipinski definition) is 4. The number of ether oxygens (including phenoxy) is 2. The molecule has 0 aliphatic heterocycles. The average molecular weight is 253 g/mol. The molecule has 0 radical (unpaired) electrons. The van der Waals surface area contributed by atoms with Crippen molar-refractivity contribution in [2.45, 2.75) is 51.0 Å². The highest BCUT2D eigenvalue weighted by Crippen LogP contribution is 2.60. The molecule has 0 atom stereocenters. The van der Waals surface area contributed by atoms with Gasteiger partial charge in [0.2, 0.25) is 0 Å². The molecule has 18 heavy (non-hydrogen) atoms. The SMILES string of the molecule is CCC1(OC(=O)OCN)C2CC3CC(C2)CC1C3. The fourth-order valence-corrected chi connectivity index (χ4v) is 5.05. The zero-order chi connectivity index (χ0) is 12.8. The Kier molecular flexibility index (Phi) is 3.00. The fourth-order valence-electron chi connectivity index (χ4n) is 5.05. The van der Waals surface area contributed by atoms with Crippen molar-refractivity contribution in [2.24, 2.45) is 29.4 Å². The number of carbonyl (C=O) groups is 1. The van der Waals surface area contributed by atoms with E-state index in [4.69, 9.17) is 15.2 Å². The van der Waals surface area contributed by atoms with Crippen molar-refractivity contribution < 1.29 is 14.3 Å². The van der Waals surface area contributed by atoms with Gasteiger partial charge in [-0.15, -0.1) is 0 Å². The zero-order valence-corrected chi connectivity index (χ0v) is 11.1. The minimum atomic E-state index is -0.577. The molecule has 4 saturated carbocycles. The van der Waals surface area contributed by atoms with Crippen molar-refractivity contribution in [3.05, 3.63) is 0 Å². The van der Waals surface area contributed by atoms with Gasteiger partial charge in [-0.25, -0.2) is 4.79 Å². The van der Waals surface area contributed by atoms with Gasteiger partial charge < -0.3 is 9.47 Å². The van der Waals surface area contributed by atoms with E-state index < -0.39 is 6.16 Å². The molecule has 0 aromatic heterocycles. The quantitative estimate of drug-likeness (QED) is 0.620. The molecule has 2 N–H and O–H groups in total. The van der Waals surface area contributed by atoms with E-state index >= 15 is 0 Å². The smallest absolute Gasteiger partial charge is 0.427 e. The van der Waals surface area contributed by atoms with E-state index in [9.17, 15) is 4.79 Å². The largest absolute Gasteiger partial charge is 0.510 e. The molecule has 0 saturated heterocycles. The van der Waals surface area contributed by atoms with Crippen LogP contribution in [0.2, 0.25) is 0 Å². The molecule has 4 rings (SSSR count). The second-order valence-corrected chi connectivity index (χ2v) is 6.28. The Labute approximate surface area is 108 Å². The summed E-state index contributed by atoms with van der Waals surface area (Å²) in [4.78, 5) is 11.7. The third-order valence-corrected chi connectivity index (χ3v) is 5.55. The van der Waals surface area contributed by atoms with Gasteiger partial charge in [-0.05, 0) is 62.2 Å². The third kappa shape index (κ3) is 1.73. The topological polar surface area (TPSA) is 61.5 Å². The summed E-state index contributed by atoms with van der Waals surface area (Å²) >= 11 is 0. The maximum Gasteiger partial charge on any atom is 0.510 e. The van der Waals surface area contributed by atoms with Crippen LogP contribution in [0.1, 0.15) is 45.4 Å². The summed E-state index contributed by atoms with van der Waals surface area (Å²) in [6.45, 7) is 2.04. The number of nitrogens with two attached hydrogens (primary N) is 1. The molecule has 102 valence electrons. The summed E-state index contributed by atoms with van der Waals surface area (Å²) in [6.07, 6.45) is 6.66. The fraction of sp³-hybridized carbons (Fsp3) is 0.929. The molecule has 0 aromatic rings. The molecule has 4 aliphatic rings. The Hall–Kier alpha value is -0.770. The van der Waals surface area contributed by atoms with Crippen LogP contribution in [-0.4, -0.2) is 18.5 Å². The van der Waals surface area contributed by atoms with Gasteiger partial charge in [-0.3, -0.25) is 5.73 Å². The predicted molar refractivity (Wildman–Crippen MR) is 66.7 cm³/mol. The first-order chi connectivity index (χ1) is 8.68. The summed E-state index contributed by atoms with van der Waals surface area (Å²) in [7, 11) is 0. The Morgan fingerprint density at radius 2 is 1.72 bits per heavy atom. The van der Waals surface area contributed by atoms with E-state index in [0.717, 1.165) is 18.3 Å². The van der Waals surface area contributed by atoms with Gasteiger partial charge in [-0.2, -0.15) is 0 Å². The molecular weight excluding hydrogens is 230 g/mol. The van der Waals surface area contributed by atoms with Crippen molar-refractivity contribution in [1.82, 2.24) is 0 Å². The highest BCUT2D eigenvalue weighted by Gasteiger charge is 2.58. The second-order valence-electron chi connectivity index (χ2n) is 6.28. The first-order valence-electron chi connectivity index (χ1n) is 7.23. The lowest BCUT2D eigenvalue weighted by atomic mass is 9.49. The normalized spacial score (nSPS) is 45.0. The molecule has 4 nitrogen and oxygen atoms in total. The second kappa shape index (κ2) is 4.41. The lowest BCUT2D eigenvalue weighted by Gasteiger charge is -2.59. The molecule has 0 aromatic carbocycles. The number of hydrogen-bond donors (Lipinski definition) is 1. The number of rotatable bonds is 3. The van der Waals surface area contributed by atoms with E-state index in [1.165, 1.54) is 32.1 Å². The van der Waals surface area contributed by atoms with Crippen LogP contribution in [0.3, 0.4) is 0 Å². The molecule has 4 heteroatoms. The first-order valence-corrected chi connectivity index (χ1v) is 7.23. The van der Waals surface area contributed by atoms with Crippen LogP contribution in [0.4, 0.5) is 4.79 Å². The maximum atomic E-state index is 11.7. The molecule has 0 unspecified atom stereocenters. The third-order valence-electron chi connectivity index (χ3n) is 5.55. The average Bonchev–Trinajstić information content (AvgIpc) is 2.33. The standard InChI is InChI=1S/C14H23NO3/c1-2-14(18-13(16)17-8-15)11-4-9-3-10(6-11)7-12(14)5-9/h9-12H,2-8,15H2,1H3. The summed E-state index contributed by atoms with van der Waals surface area (Å²) in [5.41, 5.74) is 4.98. The van der Waals surface area contributed by atoms with Gasteiger partial charge in [0.1, 0.15) is 12.3 Å². The summed E-state index contributed by atoms with van der Waals surface area (Å²) in [5.74, 6) is 2.84. The van der Waals surface area contributed by atoms with Crippen LogP contribution in [0.15, 0.2) is 0 Å². The van der Waals surface area contributed by atoms with Crippen molar-refractivity contribution in [1.29, 1.82) is 0 Å². The minimum absolute atomic E-state index is 0.0980. The van der Waals surface area contributed by atoms with Gasteiger partial charge in [-0.1, -0.05) is 6.92 Å². The summed E-state index contributed by atoms with van der Waals surface area (Å²) in [6, 6.07) is 0. The first kappa shape index (κ1) is 12.3. The Balaban J connectivity index is 1.80. The van der Waals surface area contributed by atoms with E-state index in [1.807, 2.05) is 0 Å². The lowest BCUT2D eigenvalue weighted by Crippen LogP contribution is -2.59. The molecule has 0 spiro atoms. The van der Waals surface area contributed by atoms with E-state index in [-0.39, 0.29) is 12.3 Å². The van der Waals surface area contributed by atoms with Gasteiger partial charge in [0, 0.05) is 0 Å². The lowest BCUT2D eigenvalue weighted by molar-refractivity contribution is -0.185. The highest BCUT2D eigenvalue weighted by atomic mass is 16.7. The van der Waals surface area contributed by atoms with E-state index in [0.29, 0.717) is 11.8 Å². The van der Waals surface area contributed by atoms with E-state index in [1.54, 1.807) is 0 Å². The summed E-state index contributed by atoms with van der Waals surface area (Å²) in [5, 5.41) is 0. The molecule has 4 bridgehead atoms. The van der Waals surface area contributed by atoms with Crippen molar-refractivity contribution in [3.8, 4) is 0 Å². The van der Waals surface area contributed by atoms with Crippen LogP contribution in [0.25, 0.3) is 0 Å². The summed E-state index contributed by atoms with van der Waals surface area (Å²) < 4.78 is 10.6. The minimum Gasteiger partial charge on any atom is -0.427 e. The van der Waals surface area contributed by atoms with Crippen molar-refractivity contribution in [3.63, 3.8) is 0 Å². The van der Waals surface area contributed by atoms with Crippen molar-refractivity contribution >= 4 is 6.16 Å². The Bertz CT molecular complexity index is 314. The van der Waals surface area contributed by atoms with E-state index in [2.05, 4.69) is 6.92 Å². The van der Waals surface area contributed by atoms with Crippen LogP contribution in [0, 0.1) is 23.7 Å². The van der Waals surface area contributed by atoms with Crippen LogP contribution < -0.4 is 5.73 Å². The van der Waals surface area contributed by atoms with Crippen LogP contribution in [0.5, 0.6) is 0 Å². The molecular formula is C14H23NO3. The van der Waals surface area contributed by atoms with Gasteiger partial charge in [0.05, 0.1) is 0 Å².